The summed E-state index contributed by atoms with van der Waals surface area (Å²) in [6.07, 6.45) is 2.35. The van der Waals surface area contributed by atoms with Crippen LogP contribution in [-0.4, -0.2) is 33.7 Å². The maximum atomic E-state index is 11.7. The average molecular weight is 264 g/mol. The average Bonchev–Trinajstić information content (AvgIpc) is 2.10. The van der Waals surface area contributed by atoms with Crippen molar-refractivity contribution in [1.29, 1.82) is 0 Å². The number of thiocarbonyl (C=S) groups is 1. The summed E-state index contributed by atoms with van der Waals surface area (Å²) >= 11 is 4.86. The van der Waals surface area contributed by atoms with E-state index in [1.807, 2.05) is 13.8 Å². The molecule has 0 aliphatic rings. The number of nitrogens with two attached hydrogens (primary N) is 1. The molecule has 0 rings (SSSR count). The largest absolute Gasteiger partial charge is 0.393 e. The molecular weight excluding hydrogens is 244 g/mol. The minimum Gasteiger partial charge on any atom is -0.393 e. The van der Waals surface area contributed by atoms with Crippen LogP contribution >= 0.6 is 12.2 Å². The molecule has 0 aromatic carbocycles. The van der Waals surface area contributed by atoms with Gasteiger partial charge in [0.25, 0.3) is 0 Å². The standard InChI is InChI=1S/C10H20N2O2S2/c1-7(2)8(9(11)15)10(13)12-5-4-6-16(3)14/h7-8H,4-6H2,1-3H3,(H2,11,15)(H,12,13). The van der Waals surface area contributed by atoms with Crippen LogP contribution in [-0.2, 0) is 15.6 Å². The van der Waals surface area contributed by atoms with Gasteiger partial charge in [-0.1, -0.05) is 26.1 Å². The van der Waals surface area contributed by atoms with Crippen LogP contribution in [0, 0.1) is 11.8 Å². The first-order valence-electron chi connectivity index (χ1n) is 5.23. The minimum atomic E-state index is -0.810. The molecule has 0 saturated heterocycles. The third-order valence-electron chi connectivity index (χ3n) is 2.16. The quantitative estimate of drug-likeness (QED) is 0.517. The molecule has 94 valence electrons. The SMILES string of the molecule is CC(C)C(C(=O)NCCCS(C)=O)C(N)=S. The molecule has 0 spiro atoms. The van der Waals surface area contributed by atoms with E-state index in [2.05, 4.69) is 5.32 Å². The Morgan fingerprint density at radius 2 is 2.06 bits per heavy atom. The van der Waals surface area contributed by atoms with Gasteiger partial charge in [0.1, 0.15) is 0 Å². The summed E-state index contributed by atoms with van der Waals surface area (Å²) in [6, 6.07) is 0. The van der Waals surface area contributed by atoms with Crippen LogP contribution in [0.4, 0.5) is 0 Å². The van der Waals surface area contributed by atoms with E-state index >= 15 is 0 Å². The van der Waals surface area contributed by atoms with Crippen LogP contribution in [0.1, 0.15) is 20.3 Å². The van der Waals surface area contributed by atoms with E-state index in [4.69, 9.17) is 18.0 Å². The second-order valence-electron chi connectivity index (χ2n) is 4.05. The van der Waals surface area contributed by atoms with Gasteiger partial charge < -0.3 is 11.1 Å². The van der Waals surface area contributed by atoms with Gasteiger partial charge in [-0.2, -0.15) is 0 Å². The molecule has 2 atom stereocenters. The summed E-state index contributed by atoms with van der Waals surface area (Å²) in [5.74, 6) is 0.143. The maximum absolute atomic E-state index is 11.7. The van der Waals surface area contributed by atoms with Crippen LogP contribution < -0.4 is 11.1 Å². The number of hydrogen-bond donors (Lipinski definition) is 2. The van der Waals surface area contributed by atoms with Crippen molar-refractivity contribution in [2.45, 2.75) is 20.3 Å². The summed E-state index contributed by atoms with van der Waals surface area (Å²) in [5.41, 5.74) is 5.51. The lowest BCUT2D eigenvalue weighted by atomic mass is 9.95. The molecule has 6 heteroatoms. The van der Waals surface area contributed by atoms with Crippen LogP contribution in [0.3, 0.4) is 0 Å². The minimum absolute atomic E-state index is 0.0952. The Hall–Kier alpha value is -0.490. The predicted molar refractivity (Wildman–Crippen MR) is 71.7 cm³/mol. The van der Waals surface area contributed by atoms with E-state index in [-0.39, 0.29) is 16.8 Å². The molecule has 0 aromatic rings. The van der Waals surface area contributed by atoms with Gasteiger partial charge in [0, 0.05) is 29.4 Å². The third kappa shape index (κ3) is 6.17. The number of amides is 1. The lowest BCUT2D eigenvalue weighted by Crippen LogP contribution is -2.41. The van der Waals surface area contributed by atoms with Gasteiger partial charge in [-0.15, -0.1) is 0 Å². The van der Waals surface area contributed by atoms with Gasteiger partial charge >= 0.3 is 0 Å². The molecule has 0 heterocycles. The summed E-state index contributed by atoms with van der Waals surface area (Å²) in [5, 5.41) is 2.76. The molecule has 0 bridgehead atoms. The summed E-state index contributed by atoms with van der Waals surface area (Å²) in [7, 11) is -0.810. The predicted octanol–water partition coefficient (Wildman–Crippen LogP) is 0.430. The number of rotatable bonds is 7. The number of carbonyl (C=O) groups is 1. The maximum Gasteiger partial charge on any atom is 0.230 e. The first-order chi connectivity index (χ1) is 7.36. The van der Waals surface area contributed by atoms with E-state index in [9.17, 15) is 9.00 Å². The second kappa shape index (κ2) is 7.73. The van der Waals surface area contributed by atoms with Gasteiger partial charge in [-0.05, 0) is 12.3 Å². The second-order valence-corrected chi connectivity index (χ2v) is 6.07. The molecular formula is C10H20N2O2S2. The smallest absolute Gasteiger partial charge is 0.230 e. The molecule has 0 aromatic heterocycles. The Bertz CT molecular complexity index is 280. The third-order valence-corrected chi connectivity index (χ3v) is 3.28. The van der Waals surface area contributed by atoms with Crippen LogP contribution in [0.2, 0.25) is 0 Å². The van der Waals surface area contributed by atoms with Crippen molar-refractivity contribution in [1.82, 2.24) is 5.32 Å². The Morgan fingerprint density at radius 3 is 2.44 bits per heavy atom. The van der Waals surface area contributed by atoms with Crippen molar-refractivity contribution in [2.75, 3.05) is 18.6 Å². The van der Waals surface area contributed by atoms with Crippen molar-refractivity contribution in [2.24, 2.45) is 17.6 Å². The van der Waals surface area contributed by atoms with Gasteiger partial charge in [0.2, 0.25) is 5.91 Å². The van der Waals surface area contributed by atoms with Crippen molar-refractivity contribution < 1.29 is 9.00 Å². The van der Waals surface area contributed by atoms with E-state index in [0.717, 1.165) is 0 Å². The van der Waals surface area contributed by atoms with E-state index in [1.54, 1.807) is 6.26 Å². The lowest BCUT2D eigenvalue weighted by Gasteiger charge is -2.18. The Kier molecular flexibility index (Phi) is 7.49. The zero-order valence-corrected chi connectivity index (χ0v) is 11.6. The van der Waals surface area contributed by atoms with Gasteiger partial charge in [0.15, 0.2) is 0 Å². The molecule has 2 unspecified atom stereocenters. The van der Waals surface area contributed by atoms with E-state index in [0.29, 0.717) is 18.7 Å². The summed E-state index contributed by atoms with van der Waals surface area (Å²) in [4.78, 5) is 11.9. The molecule has 0 saturated carbocycles. The van der Waals surface area contributed by atoms with E-state index < -0.39 is 16.7 Å². The van der Waals surface area contributed by atoms with Crippen LogP contribution in [0.5, 0.6) is 0 Å². The molecule has 0 radical (unpaired) electrons. The highest BCUT2D eigenvalue weighted by molar-refractivity contribution is 7.84. The Balaban J connectivity index is 4.03. The highest BCUT2D eigenvalue weighted by Gasteiger charge is 2.24. The molecule has 0 fully saturated rings. The molecule has 4 nitrogen and oxygen atoms in total. The lowest BCUT2D eigenvalue weighted by molar-refractivity contribution is -0.123. The zero-order chi connectivity index (χ0) is 12.7. The fourth-order valence-corrected chi connectivity index (χ4v) is 2.29. The summed E-state index contributed by atoms with van der Waals surface area (Å²) < 4.78 is 10.8. The first-order valence-corrected chi connectivity index (χ1v) is 7.36. The van der Waals surface area contributed by atoms with Crippen LogP contribution in [0.15, 0.2) is 0 Å². The molecule has 0 aliphatic heterocycles. The first kappa shape index (κ1) is 15.5. The molecule has 0 aliphatic carbocycles. The molecule has 16 heavy (non-hydrogen) atoms. The number of hydrogen-bond acceptors (Lipinski definition) is 3. The zero-order valence-electron chi connectivity index (χ0n) is 9.99. The van der Waals surface area contributed by atoms with Gasteiger partial charge in [-0.25, -0.2) is 0 Å². The molecule has 1 amide bonds. The van der Waals surface area contributed by atoms with Gasteiger partial charge in [0.05, 0.1) is 10.9 Å². The van der Waals surface area contributed by atoms with Crippen molar-refractivity contribution in [3.8, 4) is 0 Å². The van der Waals surface area contributed by atoms with Crippen molar-refractivity contribution in [3.05, 3.63) is 0 Å². The highest BCUT2D eigenvalue weighted by atomic mass is 32.2. The fraction of sp³-hybridized carbons (Fsp3) is 0.800. The fourth-order valence-electron chi connectivity index (χ4n) is 1.36. The highest BCUT2D eigenvalue weighted by Crippen LogP contribution is 2.11. The number of carbonyl (C=O) groups excluding carboxylic acids is 1. The van der Waals surface area contributed by atoms with Gasteiger partial charge in [-0.3, -0.25) is 9.00 Å². The Morgan fingerprint density at radius 1 is 1.50 bits per heavy atom. The van der Waals surface area contributed by atoms with E-state index in [1.165, 1.54) is 0 Å². The number of nitrogens with one attached hydrogen (secondary N) is 1. The summed E-state index contributed by atoms with van der Waals surface area (Å²) in [6.45, 7) is 4.33. The topological polar surface area (TPSA) is 72.2 Å². The normalized spacial score (nSPS) is 14.5. The van der Waals surface area contributed by atoms with Crippen molar-refractivity contribution >= 4 is 33.9 Å². The van der Waals surface area contributed by atoms with Crippen LogP contribution in [0.25, 0.3) is 0 Å². The van der Waals surface area contributed by atoms with Crippen molar-refractivity contribution in [3.63, 3.8) is 0 Å². The Labute approximate surface area is 105 Å². The monoisotopic (exact) mass is 264 g/mol. The molecule has 3 N–H and O–H groups in total.